The summed E-state index contributed by atoms with van der Waals surface area (Å²) >= 11 is 13.8. The number of amides is 1. The summed E-state index contributed by atoms with van der Waals surface area (Å²) in [5.74, 6) is 0.363. The molecule has 1 aliphatic rings. The molecule has 11 nitrogen and oxygen atoms in total. The highest BCUT2D eigenvalue weighted by atomic mass is 35.5. The Kier molecular flexibility index (Phi) is 8.28. The zero-order chi connectivity index (χ0) is 31.8. The molecule has 3 aromatic carbocycles. The molecule has 5 aromatic rings. The molecule has 1 fully saturated rings. The fraction of sp³-hybridized carbons (Fsp3) is 0.129. The summed E-state index contributed by atoms with van der Waals surface area (Å²) in [5, 5.41) is 4.10. The molecule has 2 aromatic heterocycles. The largest absolute Gasteiger partial charge is 0.493 e. The van der Waals surface area contributed by atoms with Gasteiger partial charge >= 0.3 is 11.7 Å². The molecule has 45 heavy (non-hydrogen) atoms. The lowest BCUT2D eigenvalue weighted by Gasteiger charge is -2.13. The number of aliphatic imine (C=N–C) groups is 1. The van der Waals surface area contributed by atoms with Crippen molar-refractivity contribution in [3.05, 3.63) is 114 Å². The van der Waals surface area contributed by atoms with Gasteiger partial charge in [-0.1, -0.05) is 53.5 Å². The van der Waals surface area contributed by atoms with E-state index in [1.807, 2.05) is 30.3 Å². The molecule has 0 atom stereocenters. The van der Waals surface area contributed by atoms with Gasteiger partial charge in [0.1, 0.15) is 0 Å². The van der Waals surface area contributed by atoms with Crippen molar-refractivity contribution >= 4 is 69.0 Å². The van der Waals surface area contributed by atoms with Crippen LogP contribution in [0.3, 0.4) is 0 Å². The highest BCUT2D eigenvalue weighted by Gasteiger charge is 2.25. The van der Waals surface area contributed by atoms with Gasteiger partial charge in [0.25, 0.3) is 11.5 Å². The summed E-state index contributed by atoms with van der Waals surface area (Å²) in [6.45, 7) is 0.0982. The zero-order valence-electron chi connectivity index (χ0n) is 24.1. The van der Waals surface area contributed by atoms with Gasteiger partial charge in [-0.3, -0.25) is 23.3 Å². The minimum atomic E-state index is -0.544. The number of fused-ring (bicyclic) bond motifs is 1. The van der Waals surface area contributed by atoms with Gasteiger partial charge < -0.3 is 14.8 Å². The van der Waals surface area contributed by atoms with Crippen LogP contribution in [0.4, 0.5) is 5.69 Å². The lowest BCUT2D eigenvalue weighted by molar-refractivity contribution is -0.115. The minimum Gasteiger partial charge on any atom is -0.493 e. The molecule has 0 aliphatic carbocycles. The number of thioether (sulfide) groups is 1. The van der Waals surface area contributed by atoms with Crippen LogP contribution in [0.5, 0.6) is 17.5 Å². The average molecular weight is 664 g/mol. The second-order valence-corrected chi connectivity index (χ2v) is 11.8. The first kappa shape index (κ1) is 30.3. The number of carbonyl (C=O) groups is 1. The fourth-order valence-electron chi connectivity index (χ4n) is 4.68. The molecule has 228 valence electrons. The Hall–Kier alpha value is -4.78. The number of para-hydroxylation sites is 1. The van der Waals surface area contributed by atoms with E-state index < -0.39 is 11.2 Å². The highest BCUT2D eigenvalue weighted by molar-refractivity contribution is 8.18. The molecule has 6 rings (SSSR count). The van der Waals surface area contributed by atoms with Crippen LogP contribution < -0.4 is 26.0 Å². The fourth-order valence-corrected chi connectivity index (χ4v) is 5.99. The molecule has 1 N–H and O–H groups in total. The predicted octanol–water partition coefficient (Wildman–Crippen LogP) is 5.48. The summed E-state index contributed by atoms with van der Waals surface area (Å²) in [7, 11) is 4.40. The molecule has 0 radical (unpaired) electrons. The van der Waals surface area contributed by atoms with Crippen LogP contribution in [-0.4, -0.2) is 36.9 Å². The Morgan fingerprint density at radius 2 is 1.76 bits per heavy atom. The molecule has 0 spiro atoms. The number of ether oxygens (including phenoxy) is 2. The highest BCUT2D eigenvalue weighted by Crippen LogP contribution is 2.36. The van der Waals surface area contributed by atoms with Crippen molar-refractivity contribution in [2.75, 3.05) is 7.11 Å². The van der Waals surface area contributed by atoms with E-state index in [1.54, 1.807) is 47.0 Å². The summed E-state index contributed by atoms with van der Waals surface area (Å²) in [4.78, 5) is 48.1. The van der Waals surface area contributed by atoms with Crippen LogP contribution >= 0.6 is 35.0 Å². The number of aromatic nitrogens is 4. The molecule has 1 amide bonds. The number of hydrogen-bond donors (Lipinski definition) is 1. The van der Waals surface area contributed by atoms with Crippen LogP contribution in [0, 0.1) is 0 Å². The number of carbonyl (C=O) groups excluding carboxylic acids is 1. The van der Waals surface area contributed by atoms with Gasteiger partial charge in [0.15, 0.2) is 27.8 Å². The number of methoxy groups -OCH3 is 1. The smallest absolute Gasteiger partial charge is 0.332 e. The van der Waals surface area contributed by atoms with Crippen molar-refractivity contribution in [2.24, 2.45) is 19.1 Å². The van der Waals surface area contributed by atoms with E-state index in [0.29, 0.717) is 37.0 Å². The molecule has 0 bridgehead atoms. The van der Waals surface area contributed by atoms with E-state index in [0.717, 1.165) is 10.3 Å². The number of nitrogens with one attached hydrogen (secondary N) is 1. The van der Waals surface area contributed by atoms with E-state index in [9.17, 15) is 14.4 Å². The van der Waals surface area contributed by atoms with Crippen molar-refractivity contribution in [2.45, 2.75) is 6.54 Å². The predicted molar refractivity (Wildman–Crippen MR) is 176 cm³/mol. The number of imidazole rings is 1. The lowest BCUT2D eigenvalue weighted by atomic mass is 10.2. The Bertz CT molecular complexity index is 2170. The maximum atomic E-state index is 13.3. The van der Waals surface area contributed by atoms with E-state index in [2.05, 4.69) is 15.3 Å². The van der Waals surface area contributed by atoms with E-state index in [4.69, 9.17) is 32.7 Å². The van der Waals surface area contributed by atoms with Gasteiger partial charge in [0.2, 0.25) is 0 Å². The summed E-state index contributed by atoms with van der Waals surface area (Å²) in [6.07, 6.45) is 1.72. The number of nitrogens with zero attached hydrogens (tertiary/aromatic N) is 5. The molecule has 3 heterocycles. The first-order chi connectivity index (χ1) is 21.6. The molecule has 1 saturated heterocycles. The van der Waals surface area contributed by atoms with E-state index in [1.165, 1.54) is 37.5 Å². The van der Waals surface area contributed by atoms with Gasteiger partial charge in [-0.25, -0.2) is 9.79 Å². The third-order valence-electron chi connectivity index (χ3n) is 6.98. The summed E-state index contributed by atoms with van der Waals surface area (Å²) in [6, 6.07) is 19.5. The molecular weight excluding hydrogens is 639 g/mol. The molecule has 1 aliphatic heterocycles. The second-order valence-electron chi connectivity index (χ2n) is 9.92. The number of benzene rings is 3. The van der Waals surface area contributed by atoms with Gasteiger partial charge in [-0.2, -0.15) is 4.98 Å². The van der Waals surface area contributed by atoms with Crippen LogP contribution in [0.1, 0.15) is 11.1 Å². The number of aryl methyl sites for hydroxylation is 1. The second kappa shape index (κ2) is 12.3. The average Bonchev–Trinajstić information content (AvgIpc) is 3.56. The SMILES string of the molecule is COc1cc(/C=C2/SC(=Nc3ccccc3)NC2=O)ccc1Oc1nc2c(c(=O)n(C)c(=O)n2C)n1Cc1ccc(Cl)cc1Cl. The number of hydrogen-bond acceptors (Lipinski definition) is 8. The van der Waals surface area contributed by atoms with Crippen molar-refractivity contribution < 1.29 is 14.3 Å². The van der Waals surface area contributed by atoms with Crippen LogP contribution in [-0.2, 0) is 25.4 Å². The first-order valence-electron chi connectivity index (χ1n) is 13.4. The van der Waals surface area contributed by atoms with E-state index >= 15 is 0 Å². The number of rotatable bonds is 7. The topological polar surface area (TPSA) is 122 Å². The lowest BCUT2D eigenvalue weighted by Crippen LogP contribution is -2.37. The van der Waals surface area contributed by atoms with Crippen molar-refractivity contribution in [1.82, 2.24) is 24.0 Å². The Balaban J connectivity index is 1.37. The number of amidine groups is 1. The normalized spacial score (nSPS) is 14.8. The van der Waals surface area contributed by atoms with Crippen LogP contribution in [0.25, 0.3) is 17.2 Å². The molecule has 0 unspecified atom stereocenters. The van der Waals surface area contributed by atoms with Crippen molar-refractivity contribution in [3.8, 4) is 17.5 Å². The first-order valence-corrected chi connectivity index (χ1v) is 15.0. The number of halogens is 2. The molecule has 0 saturated carbocycles. The van der Waals surface area contributed by atoms with E-state index in [-0.39, 0.29) is 35.4 Å². The van der Waals surface area contributed by atoms with Gasteiger partial charge in [0, 0.05) is 24.1 Å². The summed E-state index contributed by atoms with van der Waals surface area (Å²) < 4.78 is 15.7. The molecule has 14 heteroatoms. The Morgan fingerprint density at radius 3 is 2.49 bits per heavy atom. The van der Waals surface area contributed by atoms with Crippen LogP contribution in [0.15, 0.2) is 86.2 Å². The maximum Gasteiger partial charge on any atom is 0.332 e. The van der Waals surface area contributed by atoms with Gasteiger partial charge in [-0.15, -0.1) is 0 Å². The monoisotopic (exact) mass is 662 g/mol. The van der Waals surface area contributed by atoms with Crippen LogP contribution in [0.2, 0.25) is 10.0 Å². The molecular formula is C31H24Cl2N6O5S. The zero-order valence-corrected chi connectivity index (χ0v) is 26.4. The minimum absolute atomic E-state index is 0.0335. The summed E-state index contributed by atoms with van der Waals surface area (Å²) in [5.41, 5.74) is 1.27. The third-order valence-corrected chi connectivity index (χ3v) is 8.48. The maximum absolute atomic E-state index is 13.3. The van der Waals surface area contributed by atoms with Crippen molar-refractivity contribution in [1.29, 1.82) is 0 Å². The third kappa shape index (κ3) is 5.99. The quantitative estimate of drug-likeness (QED) is 0.229. The van der Waals surface area contributed by atoms with Gasteiger partial charge in [0.05, 0.1) is 24.2 Å². The Morgan fingerprint density at radius 1 is 0.978 bits per heavy atom. The van der Waals surface area contributed by atoms with Gasteiger partial charge in [-0.05, 0) is 65.4 Å². The standard InChI is InChI=1S/C31H24Cl2N6O5S/c1-37-26-25(28(41)38(2)31(37)42)39(16-18-10-11-19(32)15-21(18)33)30(35-26)44-22-12-9-17(13-23(22)43-3)14-24-27(40)36-29(45-24)34-20-7-5-4-6-8-20/h4-15H,16H2,1-3H3,(H,34,36,40)/b24-14+. The van der Waals surface area contributed by atoms with Crippen molar-refractivity contribution in [3.63, 3.8) is 0 Å². The Labute approximate surface area is 270 Å².